The van der Waals surface area contributed by atoms with Crippen LogP contribution in [0.4, 0.5) is 5.69 Å². The summed E-state index contributed by atoms with van der Waals surface area (Å²) in [6, 6.07) is 21.0. The number of amides is 1. The second kappa shape index (κ2) is 10.2. The largest absolute Gasteiger partial charge is 0.494 e. The molecule has 0 N–H and O–H groups in total. The maximum Gasteiger partial charge on any atom is 0.227 e. The molecule has 1 atom stereocenters. The molecule has 1 aliphatic heterocycles. The molecule has 36 heavy (non-hydrogen) atoms. The zero-order valence-electron chi connectivity index (χ0n) is 21.8. The molecule has 5 heteroatoms. The second-order valence-corrected chi connectivity index (χ2v) is 10.2. The monoisotopic (exact) mass is 481 g/mol. The Morgan fingerprint density at radius 1 is 0.917 bits per heavy atom. The first-order chi connectivity index (χ1) is 17.4. The van der Waals surface area contributed by atoms with Gasteiger partial charge >= 0.3 is 0 Å². The molecule has 2 heterocycles. The number of unbranched alkanes of at least 4 members (excludes halogenated alkanes) is 1. The fraction of sp³-hybridized carbons (Fsp3) is 0.355. The van der Waals surface area contributed by atoms with E-state index in [0.29, 0.717) is 19.6 Å². The maximum atomic E-state index is 13.1. The summed E-state index contributed by atoms with van der Waals surface area (Å²) in [5, 5.41) is 0. The Bertz CT molecular complexity index is 1380. The summed E-state index contributed by atoms with van der Waals surface area (Å²) >= 11 is 0. The fourth-order valence-electron chi connectivity index (χ4n) is 5.34. The molecule has 1 fully saturated rings. The van der Waals surface area contributed by atoms with Gasteiger partial charge in [-0.3, -0.25) is 4.79 Å². The molecule has 5 nitrogen and oxygen atoms in total. The predicted octanol–water partition coefficient (Wildman–Crippen LogP) is 6.65. The van der Waals surface area contributed by atoms with Crippen LogP contribution in [0.1, 0.15) is 53.3 Å². The van der Waals surface area contributed by atoms with Crippen LogP contribution in [0.5, 0.6) is 5.75 Å². The number of hydrogen-bond donors (Lipinski definition) is 0. The number of ether oxygens (including phenoxy) is 1. The van der Waals surface area contributed by atoms with Crippen molar-refractivity contribution in [2.75, 3.05) is 18.1 Å². The molecule has 0 saturated carbocycles. The number of hydrogen-bond acceptors (Lipinski definition) is 3. The van der Waals surface area contributed by atoms with Gasteiger partial charge in [0.15, 0.2) is 0 Å². The highest BCUT2D eigenvalue weighted by atomic mass is 16.5. The van der Waals surface area contributed by atoms with E-state index >= 15 is 0 Å². The topological polar surface area (TPSA) is 47.4 Å². The summed E-state index contributed by atoms with van der Waals surface area (Å²) in [5.41, 5.74) is 7.90. The zero-order chi connectivity index (χ0) is 25.2. The van der Waals surface area contributed by atoms with Gasteiger partial charge in [-0.25, -0.2) is 4.98 Å². The van der Waals surface area contributed by atoms with Crippen LogP contribution in [-0.4, -0.2) is 28.6 Å². The van der Waals surface area contributed by atoms with E-state index in [1.165, 1.54) is 16.7 Å². The van der Waals surface area contributed by atoms with Gasteiger partial charge in [0.1, 0.15) is 11.6 Å². The van der Waals surface area contributed by atoms with E-state index in [1.807, 2.05) is 11.0 Å². The molecule has 4 aromatic rings. The molecular formula is C31H35N3O2. The van der Waals surface area contributed by atoms with Gasteiger partial charge in [-0.05, 0) is 93.1 Å². The van der Waals surface area contributed by atoms with Gasteiger partial charge in [-0.15, -0.1) is 0 Å². The van der Waals surface area contributed by atoms with Crippen LogP contribution >= 0.6 is 0 Å². The SMILES string of the molecule is Cc1cc(C)cc(OCCCCn2c(C3CC(=O)N(c4cc(C)ccc4C)C3)nc3ccccc32)c1. The Hall–Kier alpha value is -3.60. The van der Waals surface area contributed by atoms with Crippen LogP contribution < -0.4 is 9.64 Å². The average Bonchev–Trinajstić information content (AvgIpc) is 3.40. The van der Waals surface area contributed by atoms with Crippen LogP contribution in [0.3, 0.4) is 0 Å². The first kappa shape index (κ1) is 24.1. The summed E-state index contributed by atoms with van der Waals surface area (Å²) in [7, 11) is 0. The van der Waals surface area contributed by atoms with Gasteiger partial charge in [0.05, 0.1) is 17.6 Å². The lowest BCUT2D eigenvalue weighted by Crippen LogP contribution is -2.25. The summed E-state index contributed by atoms with van der Waals surface area (Å²) < 4.78 is 8.36. The minimum absolute atomic E-state index is 0.0799. The predicted molar refractivity (Wildman–Crippen MR) is 146 cm³/mol. The van der Waals surface area contributed by atoms with E-state index in [2.05, 4.69) is 86.9 Å². The van der Waals surface area contributed by atoms with Gasteiger partial charge in [0.25, 0.3) is 0 Å². The lowest BCUT2D eigenvalue weighted by Gasteiger charge is -2.20. The maximum absolute atomic E-state index is 13.1. The highest BCUT2D eigenvalue weighted by molar-refractivity contribution is 5.97. The number of fused-ring (bicyclic) bond motifs is 1. The standard InChI is InChI=1S/C31H35N3O2/c1-21-11-12-24(4)29(18-21)34-20-25(19-30(34)35)31-32-27-9-5-6-10-28(27)33(31)13-7-8-14-36-26-16-22(2)15-23(3)17-26/h5-6,9-12,15-18,25H,7-8,13-14,19-20H2,1-4H3. The normalized spacial score (nSPS) is 15.7. The molecule has 1 saturated heterocycles. The lowest BCUT2D eigenvalue weighted by atomic mass is 10.1. The molecule has 0 bridgehead atoms. The number of rotatable bonds is 8. The molecule has 186 valence electrons. The van der Waals surface area contributed by atoms with Crippen molar-refractivity contribution >= 4 is 22.6 Å². The van der Waals surface area contributed by atoms with E-state index in [-0.39, 0.29) is 11.8 Å². The summed E-state index contributed by atoms with van der Waals surface area (Å²) in [6.07, 6.45) is 2.43. The number of para-hydroxylation sites is 2. The van der Waals surface area contributed by atoms with Crippen molar-refractivity contribution in [1.82, 2.24) is 9.55 Å². The molecule has 0 aliphatic carbocycles. The number of nitrogens with zero attached hydrogens (tertiary/aromatic N) is 3. The number of benzene rings is 3. The van der Waals surface area contributed by atoms with E-state index in [1.54, 1.807) is 0 Å². The number of carbonyl (C=O) groups is 1. The average molecular weight is 482 g/mol. The van der Waals surface area contributed by atoms with Crippen LogP contribution in [0.15, 0.2) is 60.7 Å². The lowest BCUT2D eigenvalue weighted by molar-refractivity contribution is -0.117. The van der Waals surface area contributed by atoms with E-state index in [9.17, 15) is 4.79 Å². The molecule has 3 aromatic carbocycles. The fourth-order valence-corrected chi connectivity index (χ4v) is 5.34. The van der Waals surface area contributed by atoms with E-state index in [4.69, 9.17) is 9.72 Å². The second-order valence-electron chi connectivity index (χ2n) is 10.2. The molecule has 1 unspecified atom stereocenters. The number of aromatic nitrogens is 2. The van der Waals surface area contributed by atoms with E-state index in [0.717, 1.165) is 53.2 Å². The first-order valence-corrected chi connectivity index (χ1v) is 12.9. The third kappa shape index (κ3) is 5.01. The molecule has 1 aromatic heterocycles. The van der Waals surface area contributed by atoms with Crippen molar-refractivity contribution in [3.8, 4) is 5.75 Å². The van der Waals surface area contributed by atoms with Crippen LogP contribution in [0, 0.1) is 27.7 Å². The Morgan fingerprint density at radius 3 is 2.50 bits per heavy atom. The van der Waals surface area contributed by atoms with Crippen molar-refractivity contribution in [3.05, 3.63) is 88.7 Å². The van der Waals surface area contributed by atoms with Gasteiger partial charge in [-0.2, -0.15) is 0 Å². The zero-order valence-corrected chi connectivity index (χ0v) is 21.8. The Kier molecular flexibility index (Phi) is 6.82. The molecule has 1 aliphatic rings. The molecule has 5 rings (SSSR count). The molecule has 1 amide bonds. The van der Waals surface area contributed by atoms with Crippen LogP contribution in [0.25, 0.3) is 11.0 Å². The van der Waals surface area contributed by atoms with Gasteiger partial charge in [0.2, 0.25) is 5.91 Å². The smallest absolute Gasteiger partial charge is 0.227 e. The Balaban J connectivity index is 1.31. The minimum atomic E-state index is 0.0799. The van der Waals surface area contributed by atoms with Crippen molar-refractivity contribution < 1.29 is 9.53 Å². The Labute approximate surface area is 213 Å². The van der Waals surface area contributed by atoms with Crippen molar-refractivity contribution in [2.24, 2.45) is 0 Å². The molecule has 0 spiro atoms. The van der Waals surface area contributed by atoms with E-state index < -0.39 is 0 Å². The highest BCUT2D eigenvalue weighted by Gasteiger charge is 2.35. The van der Waals surface area contributed by atoms with Crippen molar-refractivity contribution in [1.29, 1.82) is 0 Å². The number of anilines is 1. The quantitative estimate of drug-likeness (QED) is 0.265. The van der Waals surface area contributed by atoms with Crippen LogP contribution in [0.2, 0.25) is 0 Å². The van der Waals surface area contributed by atoms with Gasteiger partial charge < -0.3 is 14.2 Å². The van der Waals surface area contributed by atoms with Crippen LogP contribution in [-0.2, 0) is 11.3 Å². The number of aryl methyl sites for hydroxylation is 5. The van der Waals surface area contributed by atoms with Gasteiger partial charge in [0, 0.05) is 31.1 Å². The summed E-state index contributed by atoms with van der Waals surface area (Å²) in [5.74, 6) is 2.22. The first-order valence-electron chi connectivity index (χ1n) is 12.9. The van der Waals surface area contributed by atoms with Crippen molar-refractivity contribution in [3.63, 3.8) is 0 Å². The molecule has 0 radical (unpaired) electrons. The third-order valence-corrected chi connectivity index (χ3v) is 7.07. The Morgan fingerprint density at radius 2 is 1.69 bits per heavy atom. The number of carbonyl (C=O) groups excluding carboxylic acids is 1. The molecular weight excluding hydrogens is 446 g/mol. The minimum Gasteiger partial charge on any atom is -0.494 e. The third-order valence-electron chi connectivity index (χ3n) is 7.07. The summed E-state index contributed by atoms with van der Waals surface area (Å²) in [6.45, 7) is 10.6. The highest BCUT2D eigenvalue weighted by Crippen LogP contribution is 2.35. The summed E-state index contributed by atoms with van der Waals surface area (Å²) in [4.78, 5) is 20.1. The van der Waals surface area contributed by atoms with Gasteiger partial charge in [-0.1, -0.05) is 30.3 Å². The number of imidazole rings is 1. The van der Waals surface area contributed by atoms with Crippen molar-refractivity contribution in [2.45, 2.75) is 59.4 Å².